The molecule has 4 rings (SSSR count). The van der Waals surface area contributed by atoms with E-state index in [2.05, 4.69) is 20.3 Å². The molecule has 0 fully saturated rings. The molecule has 1 atom stereocenters. The molecule has 1 unspecified atom stereocenters. The monoisotopic (exact) mass is 414 g/mol. The Kier molecular flexibility index (Phi) is 5.49. The number of aromatic amines is 1. The molecule has 2 aromatic carbocycles. The van der Waals surface area contributed by atoms with Gasteiger partial charge in [-0.1, -0.05) is 12.1 Å². The molecule has 0 spiro atoms. The first-order valence-corrected chi connectivity index (χ1v) is 9.90. The van der Waals surface area contributed by atoms with Crippen molar-refractivity contribution in [1.82, 2.24) is 15.0 Å². The van der Waals surface area contributed by atoms with E-state index in [0.29, 0.717) is 22.6 Å². The van der Waals surface area contributed by atoms with E-state index in [1.807, 2.05) is 44.2 Å². The molecule has 7 nitrogen and oxygen atoms in total. The first-order chi connectivity index (χ1) is 14.9. The third kappa shape index (κ3) is 4.45. The number of nitrogens with one attached hydrogen (secondary N) is 2. The number of imidazole rings is 1. The second-order valence-corrected chi connectivity index (χ2v) is 7.41. The summed E-state index contributed by atoms with van der Waals surface area (Å²) in [6.45, 7) is 5.41. The minimum absolute atomic E-state index is 0.334. The summed E-state index contributed by atoms with van der Waals surface area (Å²) in [6.07, 6.45) is 2.46. The van der Waals surface area contributed by atoms with E-state index in [1.165, 1.54) is 0 Å². The van der Waals surface area contributed by atoms with Gasteiger partial charge in [0, 0.05) is 23.6 Å². The largest absolute Gasteiger partial charge is 0.449 e. The number of rotatable bonds is 5. The van der Waals surface area contributed by atoms with Crippen molar-refractivity contribution in [2.45, 2.75) is 26.9 Å². The number of pyridine rings is 1. The van der Waals surface area contributed by atoms with Gasteiger partial charge in [-0.25, -0.2) is 9.78 Å². The van der Waals surface area contributed by atoms with Gasteiger partial charge in [0.2, 0.25) is 0 Å². The van der Waals surface area contributed by atoms with E-state index in [1.54, 1.807) is 37.5 Å². The second-order valence-electron chi connectivity index (χ2n) is 7.41. The van der Waals surface area contributed by atoms with Gasteiger partial charge in [-0.3, -0.25) is 9.78 Å². The molecule has 0 bridgehead atoms. The number of nitrogens with zero attached hydrogens (tertiary/aromatic N) is 2. The molecule has 31 heavy (non-hydrogen) atoms. The number of H-pyrrole nitrogens is 1. The van der Waals surface area contributed by atoms with E-state index in [0.717, 1.165) is 22.2 Å². The Balaban J connectivity index is 1.47. The summed E-state index contributed by atoms with van der Waals surface area (Å²) in [4.78, 5) is 36.9. The molecule has 0 saturated carbocycles. The number of carbonyl (C=O) groups is 2. The van der Waals surface area contributed by atoms with Crippen LogP contribution in [0.4, 0.5) is 5.69 Å². The zero-order chi connectivity index (χ0) is 22.0. The van der Waals surface area contributed by atoms with Crippen LogP contribution in [0.25, 0.3) is 22.4 Å². The van der Waals surface area contributed by atoms with Crippen LogP contribution in [0.2, 0.25) is 0 Å². The fourth-order valence-corrected chi connectivity index (χ4v) is 3.16. The Hall–Kier alpha value is -4.00. The van der Waals surface area contributed by atoms with Gasteiger partial charge < -0.3 is 15.0 Å². The number of ether oxygens (including phenoxy) is 1. The Morgan fingerprint density at radius 1 is 1.10 bits per heavy atom. The number of carbonyl (C=O) groups excluding carboxylic acids is 2. The SMILES string of the molecule is Cc1ccc(C)c(NC(=O)C(C)OC(=O)c2ccc3nc(-c4cccnc4)[nH]c3c2)c1. The maximum absolute atomic E-state index is 12.6. The average Bonchev–Trinajstić information content (AvgIpc) is 3.20. The van der Waals surface area contributed by atoms with Crippen molar-refractivity contribution in [2.75, 3.05) is 5.32 Å². The minimum atomic E-state index is -0.948. The quantitative estimate of drug-likeness (QED) is 0.471. The summed E-state index contributed by atoms with van der Waals surface area (Å²) in [5, 5.41) is 2.82. The van der Waals surface area contributed by atoms with Crippen molar-refractivity contribution in [3.63, 3.8) is 0 Å². The van der Waals surface area contributed by atoms with Crippen molar-refractivity contribution >= 4 is 28.6 Å². The summed E-state index contributed by atoms with van der Waals surface area (Å²) in [7, 11) is 0. The maximum Gasteiger partial charge on any atom is 0.338 e. The fraction of sp³-hybridized carbons (Fsp3) is 0.167. The molecule has 4 aromatic rings. The van der Waals surface area contributed by atoms with Crippen molar-refractivity contribution in [2.24, 2.45) is 0 Å². The lowest BCUT2D eigenvalue weighted by molar-refractivity contribution is -0.123. The van der Waals surface area contributed by atoms with Gasteiger partial charge in [0.1, 0.15) is 5.82 Å². The van der Waals surface area contributed by atoms with Crippen LogP contribution in [0.5, 0.6) is 0 Å². The first-order valence-electron chi connectivity index (χ1n) is 9.90. The second kappa shape index (κ2) is 8.39. The molecule has 0 saturated heterocycles. The zero-order valence-corrected chi connectivity index (χ0v) is 17.5. The van der Waals surface area contributed by atoms with Crippen molar-refractivity contribution in [3.8, 4) is 11.4 Å². The number of aromatic nitrogens is 3. The number of fused-ring (bicyclic) bond motifs is 1. The summed E-state index contributed by atoms with van der Waals surface area (Å²) in [5.74, 6) is -0.304. The maximum atomic E-state index is 12.6. The lowest BCUT2D eigenvalue weighted by Gasteiger charge is -2.15. The van der Waals surface area contributed by atoms with Crippen LogP contribution in [0.1, 0.15) is 28.4 Å². The number of hydrogen-bond acceptors (Lipinski definition) is 5. The Labute approximate surface area is 179 Å². The molecule has 1 amide bonds. The van der Waals surface area contributed by atoms with Gasteiger partial charge in [0.15, 0.2) is 6.10 Å². The van der Waals surface area contributed by atoms with E-state index < -0.39 is 12.1 Å². The lowest BCUT2D eigenvalue weighted by atomic mass is 10.1. The first kappa shape index (κ1) is 20.3. The van der Waals surface area contributed by atoms with Crippen LogP contribution in [0.3, 0.4) is 0 Å². The van der Waals surface area contributed by atoms with Crippen LogP contribution in [-0.4, -0.2) is 32.9 Å². The zero-order valence-electron chi connectivity index (χ0n) is 17.5. The number of aryl methyl sites for hydroxylation is 2. The number of hydrogen-bond donors (Lipinski definition) is 2. The molecule has 0 radical (unpaired) electrons. The highest BCUT2D eigenvalue weighted by molar-refractivity contribution is 5.99. The van der Waals surface area contributed by atoms with E-state index in [4.69, 9.17) is 4.74 Å². The number of amides is 1. The summed E-state index contributed by atoms with van der Waals surface area (Å²) in [5.41, 5.74) is 5.27. The predicted octanol–water partition coefficient (Wildman–Crippen LogP) is 4.43. The van der Waals surface area contributed by atoms with E-state index in [9.17, 15) is 9.59 Å². The highest BCUT2D eigenvalue weighted by atomic mass is 16.5. The molecule has 0 aliphatic rings. The molecular weight excluding hydrogens is 392 g/mol. The van der Waals surface area contributed by atoms with E-state index in [-0.39, 0.29) is 5.91 Å². The summed E-state index contributed by atoms with van der Waals surface area (Å²) < 4.78 is 5.39. The normalized spacial score (nSPS) is 11.8. The highest BCUT2D eigenvalue weighted by Gasteiger charge is 2.20. The topological polar surface area (TPSA) is 97.0 Å². The summed E-state index contributed by atoms with van der Waals surface area (Å²) in [6, 6.07) is 14.6. The predicted molar refractivity (Wildman–Crippen MR) is 119 cm³/mol. The van der Waals surface area contributed by atoms with Crippen LogP contribution in [-0.2, 0) is 9.53 Å². The molecule has 2 N–H and O–H groups in total. The third-order valence-corrected chi connectivity index (χ3v) is 4.96. The van der Waals surface area contributed by atoms with Gasteiger partial charge in [-0.2, -0.15) is 0 Å². The summed E-state index contributed by atoms with van der Waals surface area (Å²) >= 11 is 0. The Bertz CT molecular complexity index is 1260. The molecule has 2 aromatic heterocycles. The molecule has 0 aliphatic heterocycles. The Morgan fingerprint density at radius 2 is 1.94 bits per heavy atom. The van der Waals surface area contributed by atoms with Gasteiger partial charge in [0.05, 0.1) is 16.6 Å². The standard InChI is InChI=1S/C24H22N4O3/c1-14-6-7-15(2)20(11-14)28-23(29)16(3)31-24(30)17-8-9-19-21(12-17)27-22(26-19)18-5-4-10-25-13-18/h4-13,16H,1-3H3,(H,26,27)(H,28,29). The Morgan fingerprint density at radius 3 is 2.71 bits per heavy atom. The van der Waals surface area contributed by atoms with Gasteiger partial charge in [-0.15, -0.1) is 0 Å². The highest BCUT2D eigenvalue weighted by Crippen LogP contribution is 2.21. The van der Waals surface area contributed by atoms with Gasteiger partial charge >= 0.3 is 5.97 Å². The molecule has 156 valence electrons. The van der Waals surface area contributed by atoms with Crippen LogP contribution >= 0.6 is 0 Å². The third-order valence-electron chi connectivity index (χ3n) is 4.96. The molecule has 7 heteroatoms. The van der Waals surface area contributed by atoms with Gasteiger partial charge in [-0.05, 0) is 68.3 Å². The number of esters is 1. The number of anilines is 1. The molecular formula is C24H22N4O3. The van der Waals surface area contributed by atoms with Crippen LogP contribution in [0.15, 0.2) is 60.9 Å². The number of benzene rings is 2. The van der Waals surface area contributed by atoms with Gasteiger partial charge in [0.25, 0.3) is 5.91 Å². The van der Waals surface area contributed by atoms with Crippen LogP contribution in [0, 0.1) is 13.8 Å². The average molecular weight is 414 g/mol. The molecule has 0 aliphatic carbocycles. The lowest BCUT2D eigenvalue weighted by Crippen LogP contribution is -2.30. The van der Waals surface area contributed by atoms with Crippen molar-refractivity contribution in [3.05, 3.63) is 77.6 Å². The smallest absolute Gasteiger partial charge is 0.338 e. The van der Waals surface area contributed by atoms with E-state index >= 15 is 0 Å². The van der Waals surface area contributed by atoms with Crippen molar-refractivity contribution in [1.29, 1.82) is 0 Å². The van der Waals surface area contributed by atoms with Crippen LogP contribution < -0.4 is 5.32 Å². The minimum Gasteiger partial charge on any atom is -0.449 e. The van der Waals surface area contributed by atoms with Crippen molar-refractivity contribution < 1.29 is 14.3 Å². The molecule has 2 heterocycles. The fourth-order valence-electron chi connectivity index (χ4n) is 3.16.